The number of benzene rings is 1. The Bertz CT molecular complexity index is 856. The smallest absolute Gasteiger partial charge is 0.289 e. The molecule has 2 aliphatic rings. The number of amides is 2. The lowest BCUT2D eigenvalue weighted by atomic mass is 9.85. The molecule has 4 rings (SSSR count). The third-order valence-electron chi connectivity index (χ3n) is 5.65. The molecule has 1 aromatic carbocycles. The third kappa shape index (κ3) is 2.91. The largest absolute Gasteiger partial charge is 0.456 e. The highest BCUT2D eigenvalue weighted by atomic mass is 16.3. The van der Waals surface area contributed by atoms with Gasteiger partial charge in [-0.3, -0.25) is 9.59 Å². The summed E-state index contributed by atoms with van der Waals surface area (Å²) in [5.74, 6) is 1.16. The quantitative estimate of drug-likeness (QED) is 0.853. The van der Waals surface area contributed by atoms with Gasteiger partial charge in [-0.2, -0.15) is 0 Å². The summed E-state index contributed by atoms with van der Waals surface area (Å²) in [4.78, 5) is 29.4. The molecule has 5 nitrogen and oxygen atoms in total. The average Bonchev–Trinajstić information content (AvgIpc) is 3.31. The van der Waals surface area contributed by atoms with Crippen LogP contribution >= 0.6 is 0 Å². The third-order valence-corrected chi connectivity index (χ3v) is 5.65. The SMILES string of the molecule is Cc1cccc(CN2CC[C@@]3(CCN(C(=O)c4ccc(C)o4)C3)C2=O)c1. The Morgan fingerprint density at radius 2 is 1.96 bits per heavy atom. The Morgan fingerprint density at radius 3 is 2.69 bits per heavy atom. The van der Waals surface area contributed by atoms with Crippen LogP contribution in [0.4, 0.5) is 0 Å². The topological polar surface area (TPSA) is 53.8 Å². The van der Waals surface area contributed by atoms with Gasteiger partial charge < -0.3 is 14.2 Å². The van der Waals surface area contributed by atoms with Crippen molar-refractivity contribution in [3.63, 3.8) is 0 Å². The molecule has 2 amide bonds. The molecule has 1 atom stereocenters. The van der Waals surface area contributed by atoms with E-state index < -0.39 is 5.41 Å². The van der Waals surface area contributed by atoms with Crippen LogP contribution in [0.15, 0.2) is 40.8 Å². The van der Waals surface area contributed by atoms with Gasteiger partial charge >= 0.3 is 0 Å². The van der Waals surface area contributed by atoms with Crippen LogP contribution in [0.25, 0.3) is 0 Å². The highest BCUT2D eigenvalue weighted by molar-refractivity contribution is 5.93. The van der Waals surface area contributed by atoms with Crippen molar-refractivity contribution in [2.45, 2.75) is 33.2 Å². The average molecular weight is 352 g/mol. The van der Waals surface area contributed by atoms with Crippen LogP contribution < -0.4 is 0 Å². The molecular formula is C21H24N2O3. The summed E-state index contributed by atoms with van der Waals surface area (Å²) < 4.78 is 5.46. The van der Waals surface area contributed by atoms with Crippen molar-refractivity contribution in [2.24, 2.45) is 5.41 Å². The van der Waals surface area contributed by atoms with Gasteiger partial charge in [-0.05, 0) is 44.4 Å². The fourth-order valence-electron chi connectivity index (χ4n) is 4.20. The molecule has 0 unspecified atom stereocenters. The van der Waals surface area contributed by atoms with Crippen molar-refractivity contribution >= 4 is 11.8 Å². The highest BCUT2D eigenvalue weighted by Crippen LogP contribution is 2.41. The molecule has 0 bridgehead atoms. The predicted octanol–water partition coefficient (Wildman–Crippen LogP) is 3.16. The molecule has 2 fully saturated rings. The zero-order valence-electron chi connectivity index (χ0n) is 15.3. The maximum atomic E-state index is 13.1. The van der Waals surface area contributed by atoms with Crippen molar-refractivity contribution < 1.29 is 14.0 Å². The normalized spacial score (nSPS) is 22.6. The monoisotopic (exact) mass is 352 g/mol. The van der Waals surface area contributed by atoms with Crippen LogP contribution in [0, 0.1) is 19.3 Å². The van der Waals surface area contributed by atoms with E-state index in [2.05, 4.69) is 25.1 Å². The first-order valence-electron chi connectivity index (χ1n) is 9.17. The molecule has 0 N–H and O–H groups in total. The van der Waals surface area contributed by atoms with Gasteiger partial charge in [-0.25, -0.2) is 0 Å². The second kappa shape index (κ2) is 6.31. The number of nitrogens with zero attached hydrogens (tertiary/aromatic N) is 2. The van der Waals surface area contributed by atoms with Gasteiger partial charge in [-0.1, -0.05) is 29.8 Å². The van der Waals surface area contributed by atoms with E-state index in [0.717, 1.165) is 30.7 Å². The second-order valence-electron chi connectivity index (χ2n) is 7.63. The lowest BCUT2D eigenvalue weighted by molar-refractivity contribution is -0.135. The summed E-state index contributed by atoms with van der Waals surface area (Å²) in [6.45, 7) is 6.40. The van der Waals surface area contributed by atoms with Crippen molar-refractivity contribution in [1.82, 2.24) is 9.80 Å². The van der Waals surface area contributed by atoms with E-state index in [1.54, 1.807) is 17.0 Å². The van der Waals surface area contributed by atoms with E-state index in [4.69, 9.17) is 4.42 Å². The minimum atomic E-state index is -0.416. The summed E-state index contributed by atoms with van der Waals surface area (Å²) in [6.07, 6.45) is 1.56. The maximum absolute atomic E-state index is 13.1. The zero-order chi connectivity index (χ0) is 18.3. The Kier molecular flexibility index (Phi) is 4.10. The number of carbonyl (C=O) groups excluding carboxylic acids is 2. The molecule has 2 saturated heterocycles. The lowest BCUT2D eigenvalue weighted by Gasteiger charge is -2.23. The van der Waals surface area contributed by atoms with Crippen molar-refractivity contribution in [1.29, 1.82) is 0 Å². The summed E-state index contributed by atoms with van der Waals surface area (Å²) in [5, 5.41) is 0. The van der Waals surface area contributed by atoms with Gasteiger partial charge in [0, 0.05) is 26.2 Å². The van der Waals surface area contributed by atoms with Gasteiger partial charge in [0.25, 0.3) is 5.91 Å². The Labute approximate surface area is 153 Å². The Balaban J connectivity index is 1.45. The van der Waals surface area contributed by atoms with Gasteiger partial charge in [-0.15, -0.1) is 0 Å². The van der Waals surface area contributed by atoms with Gasteiger partial charge in [0.1, 0.15) is 5.76 Å². The molecule has 1 aromatic heterocycles. The van der Waals surface area contributed by atoms with E-state index in [1.165, 1.54) is 5.56 Å². The molecular weight excluding hydrogens is 328 g/mol. The first-order chi connectivity index (χ1) is 12.5. The first-order valence-corrected chi connectivity index (χ1v) is 9.17. The number of aryl methyl sites for hydroxylation is 2. The molecule has 3 heterocycles. The minimum Gasteiger partial charge on any atom is -0.456 e. The number of furan rings is 1. The summed E-state index contributed by atoms with van der Waals surface area (Å²) >= 11 is 0. The molecule has 5 heteroatoms. The molecule has 0 aliphatic carbocycles. The number of rotatable bonds is 3. The summed E-state index contributed by atoms with van der Waals surface area (Å²) in [7, 11) is 0. The molecule has 136 valence electrons. The first kappa shape index (κ1) is 16.9. The van der Waals surface area contributed by atoms with Crippen molar-refractivity contribution in [2.75, 3.05) is 19.6 Å². The van der Waals surface area contributed by atoms with Crippen LogP contribution in [0.3, 0.4) is 0 Å². The minimum absolute atomic E-state index is 0.111. The fraction of sp³-hybridized carbons (Fsp3) is 0.429. The Hall–Kier alpha value is -2.56. The second-order valence-corrected chi connectivity index (χ2v) is 7.63. The number of hydrogen-bond donors (Lipinski definition) is 0. The molecule has 26 heavy (non-hydrogen) atoms. The lowest BCUT2D eigenvalue weighted by Crippen LogP contribution is -2.38. The Morgan fingerprint density at radius 1 is 1.15 bits per heavy atom. The standard InChI is InChI=1S/C21H24N2O3/c1-15-4-3-5-17(12-15)13-22-10-8-21(20(22)25)9-11-23(14-21)19(24)18-7-6-16(2)26-18/h3-7,12H,8-11,13-14H2,1-2H3/t21-/m0/s1. The van der Waals surface area contributed by atoms with Crippen molar-refractivity contribution in [3.05, 3.63) is 59.0 Å². The van der Waals surface area contributed by atoms with E-state index in [9.17, 15) is 9.59 Å². The highest BCUT2D eigenvalue weighted by Gasteiger charge is 2.51. The van der Waals surface area contributed by atoms with E-state index >= 15 is 0 Å². The van der Waals surface area contributed by atoms with Crippen LogP contribution in [0.5, 0.6) is 0 Å². The molecule has 2 aromatic rings. The molecule has 1 spiro atoms. The van der Waals surface area contributed by atoms with E-state index in [-0.39, 0.29) is 11.8 Å². The van der Waals surface area contributed by atoms with E-state index in [1.807, 2.05) is 17.9 Å². The number of carbonyl (C=O) groups is 2. The number of hydrogen-bond acceptors (Lipinski definition) is 3. The molecule has 0 radical (unpaired) electrons. The molecule has 2 aliphatic heterocycles. The fourth-order valence-corrected chi connectivity index (χ4v) is 4.20. The van der Waals surface area contributed by atoms with Crippen LogP contribution in [0.2, 0.25) is 0 Å². The number of likely N-dealkylation sites (tertiary alicyclic amines) is 2. The van der Waals surface area contributed by atoms with Crippen LogP contribution in [0.1, 0.15) is 40.3 Å². The van der Waals surface area contributed by atoms with Crippen LogP contribution in [-0.2, 0) is 11.3 Å². The summed E-state index contributed by atoms with van der Waals surface area (Å²) in [6, 6.07) is 11.8. The molecule has 0 saturated carbocycles. The van der Waals surface area contributed by atoms with Gasteiger partial charge in [0.05, 0.1) is 5.41 Å². The van der Waals surface area contributed by atoms with Gasteiger partial charge in [0.2, 0.25) is 5.91 Å². The van der Waals surface area contributed by atoms with Crippen molar-refractivity contribution in [3.8, 4) is 0 Å². The van der Waals surface area contributed by atoms with Crippen LogP contribution in [-0.4, -0.2) is 41.2 Å². The zero-order valence-corrected chi connectivity index (χ0v) is 15.3. The maximum Gasteiger partial charge on any atom is 0.289 e. The van der Waals surface area contributed by atoms with E-state index in [0.29, 0.717) is 25.4 Å². The van der Waals surface area contributed by atoms with Gasteiger partial charge in [0.15, 0.2) is 5.76 Å². The summed E-state index contributed by atoms with van der Waals surface area (Å²) in [5.41, 5.74) is 1.95. The predicted molar refractivity (Wildman–Crippen MR) is 97.6 cm³/mol.